The standard InChI is InChI=1S/C66H40O2/c1-35-12-4-8-16-41(35)49-29-58-57(59-31-51-45-20-10-18-43-37(3)22-24-47(64(43)45)53(51)33-55(49)59)30-50(42-17-9-5-13-36(42)2)56-34-54-48-25-23-40(44-19-11-21-46(65(44)48)52(54)32-60(56)58)28-63-66(67)61-26-38-14-6-7-15-39(38)27-62(61)68-63/h4-34H,1-3H3/b63-28+. The maximum Gasteiger partial charge on any atom is 0.231 e. The molecule has 1 heterocycles. The Kier molecular flexibility index (Phi) is 7.47. The summed E-state index contributed by atoms with van der Waals surface area (Å²) in [5, 5.41) is 14.6. The molecular formula is C66H40O2. The first-order valence-electron chi connectivity index (χ1n) is 23.6. The first kappa shape index (κ1) is 37.6. The van der Waals surface area contributed by atoms with E-state index in [-0.39, 0.29) is 5.78 Å². The Labute approximate surface area is 393 Å². The van der Waals surface area contributed by atoms with Gasteiger partial charge in [0.25, 0.3) is 0 Å². The van der Waals surface area contributed by atoms with Crippen LogP contribution in [0.15, 0.2) is 188 Å². The van der Waals surface area contributed by atoms with Crippen LogP contribution in [0.3, 0.4) is 0 Å². The highest BCUT2D eigenvalue weighted by Gasteiger charge is 2.30. The fourth-order valence-electron chi connectivity index (χ4n) is 12.2. The largest absolute Gasteiger partial charge is 0.452 e. The minimum atomic E-state index is -0.0848. The molecule has 12 aromatic carbocycles. The van der Waals surface area contributed by atoms with Crippen LogP contribution in [0.1, 0.15) is 32.6 Å². The number of aryl methyl sites for hydroxylation is 3. The molecule has 68 heavy (non-hydrogen) atoms. The first-order chi connectivity index (χ1) is 33.4. The SMILES string of the molecule is Cc1ccccc1-c1cc2c3cc4c(cc3c(-c3ccccc3C)cc2c2cc3c(cc12)-c1ccc(C)c2cccc-3c12)-c1ccc(/C=C2/Oc3cc5ccccc5cc3C2=O)c2cccc-4c12. The van der Waals surface area contributed by atoms with Gasteiger partial charge in [0, 0.05) is 0 Å². The van der Waals surface area contributed by atoms with Crippen LogP contribution in [-0.4, -0.2) is 5.78 Å². The van der Waals surface area contributed by atoms with Gasteiger partial charge in [-0.05, 0) is 229 Å². The zero-order valence-corrected chi connectivity index (χ0v) is 37.7. The molecule has 0 fully saturated rings. The lowest BCUT2D eigenvalue weighted by Gasteiger charge is -2.20. The van der Waals surface area contributed by atoms with Crippen LogP contribution in [-0.2, 0) is 0 Å². The van der Waals surface area contributed by atoms with E-state index in [9.17, 15) is 4.79 Å². The molecule has 0 bridgehead atoms. The molecule has 0 spiro atoms. The van der Waals surface area contributed by atoms with Gasteiger partial charge in [0.2, 0.25) is 5.78 Å². The summed E-state index contributed by atoms with van der Waals surface area (Å²) in [6.45, 7) is 6.70. The molecule has 0 atom stereocenters. The minimum absolute atomic E-state index is 0.0848. The lowest BCUT2D eigenvalue weighted by molar-refractivity contribution is 0.101. The Hall–Kier alpha value is -8.59. The Balaban J connectivity index is 1.00. The molecule has 3 aliphatic rings. The van der Waals surface area contributed by atoms with E-state index in [0.29, 0.717) is 17.1 Å². The van der Waals surface area contributed by atoms with Crippen molar-refractivity contribution in [2.75, 3.05) is 0 Å². The fraction of sp³-hybridized carbons (Fsp3) is 0.0455. The number of carbonyl (C=O) groups is 1. The molecule has 0 aromatic heterocycles. The summed E-state index contributed by atoms with van der Waals surface area (Å²) in [5.41, 5.74) is 20.4. The number of hydrogen-bond acceptors (Lipinski definition) is 2. The Morgan fingerprint density at radius 2 is 0.779 bits per heavy atom. The summed E-state index contributed by atoms with van der Waals surface area (Å²) < 4.78 is 6.33. The minimum Gasteiger partial charge on any atom is -0.452 e. The molecule has 0 saturated heterocycles. The van der Waals surface area contributed by atoms with E-state index in [1.165, 1.54) is 132 Å². The van der Waals surface area contributed by atoms with Gasteiger partial charge in [-0.15, -0.1) is 0 Å². The Bertz CT molecular complexity index is 4390. The highest BCUT2D eigenvalue weighted by molar-refractivity contribution is 6.29. The zero-order valence-electron chi connectivity index (χ0n) is 37.7. The first-order valence-corrected chi connectivity index (χ1v) is 23.6. The second-order valence-corrected chi connectivity index (χ2v) is 19.2. The van der Waals surface area contributed by atoms with Crippen molar-refractivity contribution in [3.63, 3.8) is 0 Å². The van der Waals surface area contributed by atoms with Crippen LogP contribution in [0, 0.1) is 20.8 Å². The molecule has 0 N–H and O–H groups in total. The van der Waals surface area contributed by atoms with Gasteiger partial charge < -0.3 is 4.74 Å². The maximum atomic E-state index is 13.9. The van der Waals surface area contributed by atoms with Crippen molar-refractivity contribution in [2.45, 2.75) is 20.8 Å². The number of allylic oxidation sites excluding steroid dienone is 1. The second-order valence-electron chi connectivity index (χ2n) is 19.2. The molecule has 0 unspecified atom stereocenters. The van der Waals surface area contributed by atoms with Gasteiger partial charge in [-0.1, -0.05) is 133 Å². The van der Waals surface area contributed by atoms with Gasteiger partial charge >= 0.3 is 0 Å². The van der Waals surface area contributed by atoms with Crippen molar-refractivity contribution in [1.29, 1.82) is 0 Å². The van der Waals surface area contributed by atoms with E-state index in [2.05, 4.69) is 172 Å². The van der Waals surface area contributed by atoms with Crippen molar-refractivity contribution >= 4 is 76.5 Å². The van der Waals surface area contributed by atoms with Crippen molar-refractivity contribution in [3.8, 4) is 72.5 Å². The van der Waals surface area contributed by atoms with Crippen LogP contribution in [0.5, 0.6) is 5.75 Å². The van der Waals surface area contributed by atoms with Crippen LogP contribution in [0.2, 0.25) is 0 Å². The molecule has 0 radical (unpaired) electrons. The Morgan fingerprint density at radius 3 is 1.38 bits per heavy atom. The fourth-order valence-corrected chi connectivity index (χ4v) is 12.2. The average Bonchev–Trinajstić information content (AvgIpc) is 3.97. The summed E-state index contributed by atoms with van der Waals surface area (Å²) in [7, 11) is 0. The second kappa shape index (κ2) is 13.5. The molecule has 2 heteroatoms. The lowest BCUT2D eigenvalue weighted by Crippen LogP contribution is -1.98. The Morgan fingerprint density at radius 1 is 0.324 bits per heavy atom. The van der Waals surface area contributed by atoms with Crippen molar-refractivity contribution in [3.05, 3.63) is 216 Å². The van der Waals surface area contributed by atoms with Crippen LogP contribution < -0.4 is 4.74 Å². The third kappa shape index (κ3) is 5.04. The summed E-state index contributed by atoms with van der Waals surface area (Å²) in [4.78, 5) is 13.9. The molecule has 2 aliphatic carbocycles. The molecular weight excluding hydrogens is 825 g/mol. The predicted molar refractivity (Wildman–Crippen MR) is 285 cm³/mol. The van der Waals surface area contributed by atoms with E-state index in [1.54, 1.807) is 0 Å². The predicted octanol–water partition coefficient (Wildman–Crippen LogP) is 17.8. The van der Waals surface area contributed by atoms with E-state index in [0.717, 1.165) is 21.7 Å². The number of rotatable bonds is 3. The van der Waals surface area contributed by atoms with E-state index >= 15 is 0 Å². The lowest BCUT2D eigenvalue weighted by atomic mass is 9.83. The summed E-state index contributed by atoms with van der Waals surface area (Å²) in [5.74, 6) is 0.880. The van der Waals surface area contributed by atoms with E-state index < -0.39 is 0 Å². The number of hydrogen-bond donors (Lipinski definition) is 0. The smallest absolute Gasteiger partial charge is 0.231 e. The molecule has 1 aliphatic heterocycles. The number of ether oxygens (including phenoxy) is 1. The third-order valence-electron chi connectivity index (χ3n) is 15.5. The van der Waals surface area contributed by atoms with Gasteiger partial charge in [0.05, 0.1) is 5.56 Å². The van der Waals surface area contributed by atoms with E-state index in [1.807, 2.05) is 36.4 Å². The van der Waals surface area contributed by atoms with Gasteiger partial charge in [0.1, 0.15) is 5.75 Å². The van der Waals surface area contributed by atoms with E-state index in [4.69, 9.17) is 4.74 Å². The highest BCUT2D eigenvalue weighted by atomic mass is 16.5. The van der Waals surface area contributed by atoms with Crippen LogP contribution >= 0.6 is 0 Å². The average molecular weight is 865 g/mol. The summed E-state index contributed by atoms with van der Waals surface area (Å²) in [6.07, 6.45) is 1.94. The normalized spacial score (nSPS) is 13.7. The topological polar surface area (TPSA) is 26.3 Å². The molecule has 15 rings (SSSR count). The number of benzene rings is 12. The molecule has 12 aromatic rings. The highest BCUT2D eigenvalue weighted by Crippen LogP contribution is 2.55. The van der Waals surface area contributed by atoms with Gasteiger partial charge in [0.15, 0.2) is 5.76 Å². The van der Waals surface area contributed by atoms with Gasteiger partial charge in [-0.3, -0.25) is 4.79 Å². The van der Waals surface area contributed by atoms with Gasteiger partial charge in [-0.25, -0.2) is 0 Å². The third-order valence-corrected chi connectivity index (χ3v) is 15.5. The summed E-state index contributed by atoms with van der Waals surface area (Å²) in [6, 6.07) is 67.1. The zero-order chi connectivity index (χ0) is 45.1. The van der Waals surface area contributed by atoms with Gasteiger partial charge in [-0.2, -0.15) is 0 Å². The van der Waals surface area contributed by atoms with Crippen molar-refractivity contribution in [2.24, 2.45) is 0 Å². The number of ketones is 1. The monoisotopic (exact) mass is 864 g/mol. The number of fused-ring (bicyclic) bond motifs is 13. The van der Waals surface area contributed by atoms with Crippen molar-refractivity contribution < 1.29 is 9.53 Å². The molecule has 316 valence electrons. The molecule has 2 nitrogen and oxygen atoms in total. The van der Waals surface area contributed by atoms with Crippen molar-refractivity contribution in [1.82, 2.24) is 0 Å². The summed E-state index contributed by atoms with van der Waals surface area (Å²) >= 11 is 0. The molecule has 0 amide bonds. The number of Topliss-reactive ketones (excluding diaryl/α,β-unsaturated/α-hetero) is 1. The maximum absolute atomic E-state index is 13.9. The quantitative estimate of drug-likeness (QED) is 0.131. The molecule has 0 saturated carbocycles. The van der Waals surface area contributed by atoms with Crippen LogP contribution in [0.25, 0.3) is 137 Å². The number of carbonyl (C=O) groups excluding carboxylic acids is 1. The van der Waals surface area contributed by atoms with Crippen LogP contribution in [0.4, 0.5) is 0 Å².